The van der Waals surface area contributed by atoms with E-state index in [1.165, 1.54) is 35.7 Å². The summed E-state index contributed by atoms with van der Waals surface area (Å²) in [5, 5.41) is 17.1. The van der Waals surface area contributed by atoms with E-state index in [4.69, 9.17) is 14.2 Å². The monoisotopic (exact) mass is 1220 g/mol. The van der Waals surface area contributed by atoms with Gasteiger partial charge in [-0.1, -0.05) is 125 Å². The van der Waals surface area contributed by atoms with Gasteiger partial charge in [-0.25, -0.2) is 4.79 Å². The minimum atomic E-state index is -0.905. The van der Waals surface area contributed by atoms with Crippen molar-refractivity contribution in [1.82, 2.24) is 24.9 Å². The number of likely N-dealkylation sites (tertiary alicyclic amines) is 2. The highest BCUT2D eigenvalue weighted by atomic mass is 32.2. The van der Waals surface area contributed by atoms with Crippen LogP contribution in [-0.2, 0) is 59.2 Å². The Hall–Kier alpha value is -5.54. The molecule has 12 atom stereocenters. The number of Topliss-reactive ketones (excluding diaryl/α,β-unsaturated/α-hetero) is 4. The van der Waals surface area contributed by atoms with Crippen LogP contribution in [0.2, 0.25) is 0 Å². The van der Waals surface area contributed by atoms with Gasteiger partial charge in [0.25, 0.3) is 0 Å². The smallest absolute Gasteiger partial charge is 0.410 e. The lowest BCUT2D eigenvalue weighted by Crippen LogP contribution is -2.54. The summed E-state index contributed by atoms with van der Waals surface area (Å²) in [7, 11) is 6.33. The summed E-state index contributed by atoms with van der Waals surface area (Å²) in [6.07, 6.45) is 2.98. The van der Waals surface area contributed by atoms with Crippen molar-refractivity contribution in [1.29, 1.82) is 0 Å². The Kier molecular flexibility index (Phi) is 30.1. The third-order valence-electron chi connectivity index (χ3n) is 17.7. The molecule has 2 aromatic rings. The van der Waals surface area contributed by atoms with E-state index in [0.29, 0.717) is 56.4 Å². The van der Waals surface area contributed by atoms with Crippen LogP contribution < -0.4 is 10.6 Å². The highest BCUT2D eigenvalue weighted by Crippen LogP contribution is 2.34. The van der Waals surface area contributed by atoms with Crippen LogP contribution in [0.5, 0.6) is 0 Å². The van der Waals surface area contributed by atoms with Crippen molar-refractivity contribution in [2.75, 3.05) is 59.6 Å². The van der Waals surface area contributed by atoms with Crippen LogP contribution in [0.15, 0.2) is 54.6 Å². The van der Waals surface area contributed by atoms with Crippen LogP contribution in [0.25, 0.3) is 0 Å². The van der Waals surface area contributed by atoms with Crippen molar-refractivity contribution in [2.45, 2.75) is 194 Å². The summed E-state index contributed by atoms with van der Waals surface area (Å²) in [6, 6.07) is 13.9. The predicted molar refractivity (Wildman–Crippen MR) is 335 cm³/mol. The molecule has 2 heterocycles. The van der Waals surface area contributed by atoms with Crippen molar-refractivity contribution in [3.63, 3.8) is 0 Å². The van der Waals surface area contributed by atoms with Crippen molar-refractivity contribution < 1.29 is 62.5 Å². The van der Waals surface area contributed by atoms with E-state index in [1.54, 1.807) is 48.2 Å². The maximum atomic E-state index is 14.8. The largest absolute Gasteiger partial charge is 0.445 e. The van der Waals surface area contributed by atoms with Gasteiger partial charge < -0.3 is 39.3 Å². The molecule has 2 unspecified atom stereocenters. The molecule has 3 N–H and O–H groups in total. The molecule has 0 radical (unpaired) electrons. The molecule has 2 fully saturated rings. The second-order valence-electron chi connectivity index (χ2n) is 24.9. The number of thioether (sulfide) groups is 1. The number of carbonyl (C=O) groups excluding carboxylic acids is 9. The summed E-state index contributed by atoms with van der Waals surface area (Å²) in [5.41, 5.74) is 2.14. The summed E-state index contributed by atoms with van der Waals surface area (Å²) < 4.78 is 17.9. The topological polar surface area (TPSA) is 239 Å². The van der Waals surface area contributed by atoms with Crippen LogP contribution in [0.3, 0.4) is 0 Å². The van der Waals surface area contributed by atoms with E-state index in [9.17, 15) is 48.3 Å². The van der Waals surface area contributed by atoms with Crippen LogP contribution >= 0.6 is 11.8 Å². The number of hydrogen-bond donors (Lipinski definition) is 3. The Morgan fingerprint density at radius 3 is 2.01 bits per heavy atom. The van der Waals surface area contributed by atoms with Gasteiger partial charge in [0.05, 0.1) is 60.8 Å². The first-order chi connectivity index (χ1) is 40.7. The maximum absolute atomic E-state index is 14.8. The van der Waals surface area contributed by atoms with Crippen molar-refractivity contribution in [3.05, 3.63) is 65.7 Å². The van der Waals surface area contributed by atoms with E-state index in [2.05, 4.69) is 10.6 Å². The lowest BCUT2D eigenvalue weighted by Gasteiger charge is -2.41. The zero-order chi connectivity index (χ0) is 64.1. The fraction of sp³-hybridized carbons (Fsp3) is 0.682. The lowest BCUT2D eigenvalue weighted by molar-refractivity contribution is -0.149. The number of imide groups is 1. The first-order valence-electron chi connectivity index (χ1n) is 31.0. The number of unbranched alkanes of at least 4 members (excludes halogenated alkanes) is 2. The van der Waals surface area contributed by atoms with Gasteiger partial charge in [-0.2, -0.15) is 11.8 Å². The van der Waals surface area contributed by atoms with Crippen molar-refractivity contribution >= 4 is 70.3 Å². The number of benzene rings is 2. The number of carbonyl (C=O) groups is 9. The zero-order valence-electron chi connectivity index (χ0n) is 54.0. The molecular formula is C66H102N6O13S. The summed E-state index contributed by atoms with van der Waals surface area (Å²) in [6.45, 7) is 19.8. The third kappa shape index (κ3) is 20.0. The molecule has 19 nitrogen and oxygen atoms in total. The number of aliphatic hydroxyl groups excluding tert-OH is 1. The fourth-order valence-electron chi connectivity index (χ4n) is 12.3. The normalized spacial score (nSPS) is 18.9. The summed E-state index contributed by atoms with van der Waals surface area (Å²) in [5.74, 6) is -4.59. The van der Waals surface area contributed by atoms with E-state index >= 15 is 0 Å². The van der Waals surface area contributed by atoms with Gasteiger partial charge >= 0.3 is 6.09 Å². The Bertz CT molecular complexity index is 2550. The molecule has 4 rings (SSSR count). The number of amides is 5. The number of rotatable bonds is 38. The molecule has 0 saturated carbocycles. The summed E-state index contributed by atoms with van der Waals surface area (Å²) in [4.78, 5) is 128. The highest BCUT2D eigenvalue weighted by molar-refractivity contribution is 8.00. The zero-order valence-corrected chi connectivity index (χ0v) is 54.8. The number of nitrogens with zero attached hydrogens (tertiary/aromatic N) is 4. The third-order valence-corrected chi connectivity index (χ3v) is 18.6. The van der Waals surface area contributed by atoms with Crippen LogP contribution in [0.4, 0.5) is 10.5 Å². The Morgan fingerprint density at radius 1 is 0.779 bits per heavy atom. The van der Waals surface area contributed by atoms with Gasteiger partial charge in [0.1, 0.15) is 12.4 Å². The molecule has 86 heavy (non-hydrogen) atoms. The van der Waals surface area contributed by atoms with Gasteiger partial charge in [-0.3, -0.25) is 48.6 Å². The first-order valence-corrected chi connectivity index (χ1v) is 32.3. The van der Waals surface area contributed by atoms with Gasteiger partial charge in [-0.15, -0.1) is 0 Å². The van der Waals surface area contributed by atoms with E-state index in [1.807, 2.05) is 106 Å². The number of ketones is 4. The van der Waals surface area contributed by atoms with Gasteiger partial charge in [0.2, 0.25) is 29.4 Å². The average Bonchev–Trinajstić information content (AvgIpc) is 3.38. The number of aliphatic hydroxyl groups is 1. The van der Waals surface area contributed by atoms with Gasteiger partial charge in [0.15, 0.2) is 11.6 Å². The number of anilines is 1. The lowest BCUT2D eigenvalue weighted by atomic mass is 9.83. The average molecular weight is 1220 g/mol. The minimum absolute atomic E-state index is 0.0300. The minimum Gasteiger partial charge on any atom is -0.445 e. The van der Waals surface area contributed by atoms with Crippen LogP contribution in [-0.4, -0.2) is 174 Å². The van der Waals surface area contributed by atoms with Gasteiger partial charge in [0, 0.05) is 84.6 Å². The number of likely N-dealkylation sites (N-methyl/N-ethyl adjacent to an activating group) is 2. The maximum Gasteiger partial charge on any atom is 0.410 e. The molecule has 5 amide bonds. The Morgan fingerprint density at radius 2 is 1.44 bits per heavy atom. The molecule has 2 saturated heterocycles. The summed E-state index contributed by atoms with van der Waals surface area (Å²) >= 11 is 1.37. The molecule has 0 spiro atoms. The molecule has 2 aliphatic heterocycles. The number of ether oxygens (including phenoxy) is 3. The molecule has 480 valence electrons. The second-order valence-corrected chi connectivity index (χ2v) is 25.9. The number of methoxy groups -OCH3 is 2. The van der Waals surface area contributed by atoms with E-state index < -0.39 is 65.9 Å². The Labute approximate surface area is 516 Å². The fourth-order valence-corrected chi connectivity index (χ4v) is 12.9. The highest BCUT2D eigenvalue weighted by Gasteiger charge is 2.44. The van der Waals surface area contributed by atoms with Crippen molar-refractivity contribution in [3.8, 4) is 0 Å². The molecule has 2 aliphatic rings. The molecule has 0 aliphatic carbocycles. The first kappa shape index (κ1) is 72.9. The van der Waals surface area contributed by atoms with Crippen LogP contribution in [0, 0.1) is 41.4 Å². The van der Waals surface area contributed by atoms with E-state index in [-0.39, 0.29) is 121 Å². The molecule has 20 heteroatoms. The second kappa shape index (κ2) is 35.5. The van der Waals surface area contributed by atoms with Gasteiger partial charge in [-0.05, 0) is 84.8 Å². The van der Waals surface area contributed by atoms with Crippen LogP contribution in [0.1, 0.15) is 157 Å². The molecule has 2 aromatic carbocycles. The quantitative estimate of drug-likeness (QED) is 0.0246. The number of hydrogen-bond acceptors (Lipinski definition) is 16. The standard InChI is InChI=1S/C66H102N6O13S/c1-16-43(8)60(54(83-13)36-56(76)71-33-23-26-50(71)63(84-14)45(10)52(74)34-44(9)61(78)47-24-19-17-20-25-47)69(11)64(80)49(40(2)3)35-53(75)59(42(6)7)70(12)66(82)85-38-46-28-30-48(31-29-46)67-39-68-58(41(4)5)62(79)51(73)27-21-18-22-32-72-57(77)37-55(86-15)65(72)81/h17,19-20,24-25,28-31,40-45,49-50,54-55,58-61,63,67-68,78H,16,18,21-23,26-27,32-39H2,1-15H3/t43-,44?,45-,49-,50-,54+,55?,58-,59-,60-,61+,63+/m0/s1. The van der Waals surface area contributed by atoms with E-state index in [0.717, 1.165) is 12.0 Å². The van der Waals surface area contributed by atoms with Crippen molar-refractivity contribution in [2.24, 2.45) is 41.4 Å². The predicted octanol–water partition coefficient (Wildman–Crippen LogP) is 8.93. The molecule has 0 aromatic heterocycles. The molecule has 0 bridgehead atoms. The Balaban J connectivity index is 1.31. The number of nitrogens with one attached hydrogen (secondary N) is 2. The SMILES string of the molecule is CC[C@H](C)[C@@H]([C@@H](CC(=O)N1CCC[C@H]1[C@H](OC)[C@@H](C)C(=O)CC(C)[C@@H](O)c1ccccc1)OC)N(C)C(=O)[C@@H](CC(=O)[C@H](C(C)C)N(C)C(=O)OCc1ccc(NCN[C@H](C(=O)C(=O)CCCCCN2C(=O)CC(SC)C2=O)C(C)C)cc1)C(C)C. The molecular weight excluding hydrogens is 1120 g/mol.